The number of nitrogens with zero attached hydrogens (tertiary/aromatic N) is 2. The van der Waals surface area contributed by atoms with Gasteiger partial charge in [0.2, 0.25) is 20.0 Å². The van der Waals surface area contributed by atoms with Crippen LogP contribution in [0, 0.1) is 0 Å². The first-order valence-electron chi connectivity index (χ1n) is 9.10. The minimum Gasteiger partial charge on any atom is -0.304 e. The first-order chi connectivity index (χ1) is 12.3. The van der Waals surface area contributed by atoms with Gasteiger partial charge in [0.15, 0.2) is 0 Å². The maximum absolute atomic E-state index is 12.7. The number of benzene rings is 1. The van der Waals surface area contributed by atoms with Crippen molar-refractivity contribution in [3.05, 3.63) is 24.3 Å². The Morgan fingerprint density at radius 2 is 1.38 bits per heavy atom. The SMILES string of the molecule is CN1CCN(S(=O)(=O)c2ccc(S(=O)(=O)NC3CCCCC3)cc2)CC1. The van der Waals surface area contributed by atoms with Gasteiger partial charge in [-0.15, -0.1) is 0 Å². The second-order valence-electron chi connectivity index (χ2n) is 7.13. The molecule has 9 heteroatoms. The Kier molecular flexibility index (Phi) is 6.03. The molecule has 2 aliphatic rings. The van der Waals surface area contributed by atoms with Gasteiger partial charge >= 0.3 is 0 Å². The average molecular weight is 402 g/mol. The molecule has 3 rings (SSSR count). The molecule has 0 aromatic heterocycles. The lowest BCUT2D eigenvalue weighted by molar-refractivity contribution is 0.222. The Morgan fingerprint density at radius 3 is 1.96 bits per heavy atom. The quantitative estimate of drug-likeness (QED) is 0.802. The highest BCUT2D eigenvalue weighted by Crippen LogP contribution is 2.22. The van der Waals surface area contributed by atoms with Crippen molar-refractivity contribution in [3.63, 3.8) is 0 Å². The molecule has 1 heterocycles. The smallest absolute Gasteiger partial charge is 0.243 e. The summed E-state index contributed by atoms with van der Waals surface area (Å²) in [4.78, 5) is 2.33. The molecule has 7 nitrogen and oxygen atoms in total. The van der Waals surface area contributed by atoms with Crippen LogP contribution in [0.5, 0.6) is 0 Å². The van der Waals surface area contributed by atoms with Gasteiger partial charge in [-0.1, -0.05) is 19.3 Å². The summed E-state index contributed by atoms with van der Waals surface area (Å²) in [5, 5.41) is 0. The van der Waals surface area contributed by atoms with Crippen LogP contribution in [0.1, 0.15) is 32.1 Å². The van der Waals surface area contributed by atoms with E-state index in [0.717, 1.165) is 32.1 Å². The molecule has 1 aliphatic heterocycles. The summed E-state index contributed by atoms with van der Waals surface area (Å²) < 4.78 is 54.7. The number of sulfonamides is 2. The third-order valence-electron chi connectivity index (χ3n) is 5.16. The molecule has 146 valence electrons. The summed E-state index contributed by atoms with van der Waals surface area (Å²) in [6.45, 7) is 2.28. The molecule has 0 atom stereocenters. The van der Waals surface area contributed by atoms with E-state index in [9.17, 15) is 16.8 Å². The molecular weight excluding hydrogens is 374 g/mol. The third-order valence-corrected chi connectivity index (χ3v) is 8.61. The maximum atomic E-state index is 12.7. The zero-order chi connectivity index (χ0) is 18.8. The lowest BCUT2D eigenvalue weighted by Crippen LogP contribution is -2.47. The van der Waals surface area contributed by atoms with Gasteiger partial charge in [-0.05, 0) is 44.2 Å². The van der Waals surface area contributed by atoms with Crippen LogP contribution < -0.4 is 4.72 Å². The summed E-state index contributed by atoms with van der Waals surface area (Å²) >= 11 is 0. The highest BCUT2D eigenvalue weighted by atomic mass is 32.2. The van der Waals surface area contributed by atoms with Gasteiger partial charge in [0.25, 0.3) is 0 Å². The standard InChI is InChI=1S/C17H27N3O4S2/c1-19-11-13-20(14-12-19)26(23,24)17-9-7-16(8-10-17)25(21,22)18-15-5-3-2-4-6-15/h7-10,15,18H,2-6,11-14H2,1H3. The second-order valence-corrected chi connectivity index (χ2v) is 10.8. The van der Waals surface area contributed by atoms with E-state index in [0.29, 0.717) is 26.2 Å². The molecule has 26 heavy (non-hydrogen) atoms. The van der Waals surface area contributed by atoms with Crippen LogP contribution in [-0.2, 0) is 20.0 Å². The largest absolute Gasteiger partial charge is 0.304 e. The van der Waals surface area contributed by atoms with Gasteiger partial charge in [0, 0.05) is 32.2 Å². The summed E-state index contributed by atoms with van der Waals surface area (Å²) in [6.07, 6.45) is 4.94. The zero-order valence-corrected chi connectivity index (χ0v) is 16.7. The Balaban J connectivity index is 1.73. The molecule has 0 bridgehead atoms. The molecule has 1 saturated heterocycles. The van der Waals surface area contributed by atoms with Crippen LogP contribution in [0.3, 0.4) is 0 Å². The topological polar surface area (TPSA) is 86.8 Å². The van der Waals surface area contributed by atoms with Gasteiger partial charge < -0.3 is 4.90 Å². The Morgan fingerprint density at radius 1 is 0.846 bits per heavy atom. The molecule has 2 fully saturated rings. The first-order valence-corrected chi connectivity index (χ1v) is 12.0. The van der Waals surface area contributed by atoms with Crippen molar-refractivity contribution in [2.75, 3.05) is 33.2 Å². The number of piperazine rings is 1. The van der Waals surface area contributed by atoms with Gasteiger partial charge in [0.1, 0.15) is 0 Å². The third kappa shape index (κ3) is 4.45. The molecule has 1 aromatic carbocycles. The molecule has 0 spiro atoms. The minimum absolute atomic E-state index is 0.0255. The molecule has 0 amide bonds. The van der Waals surface area contributed by atoms with Crippen molar-refractivity contribution in [2.45, 2.75) is 47.9 Å². The van der Waals surface area contributed by atoms with E-state index in [1.54, 1.807) is 0 Å². The van der Waals surface area contributed by atoms with E-state index in [1.165, 1.54) is 28.6 Å². The van der Waals surface area contributed by atoms with Crippen LogP contribution in [0.15, 0.2) is 34.1 Å². The fourth-order valence-electron chi connectivity index (χ4n) is 3.48. The zero-order valence-electron chi connectivity index (χ0n) is 15.1. The van der Waals surface area contributed by atoms with Crippen molar-refractivity contribution in [3.8, 4) is 0 Å². The molecule has 0 unspecified atom stereocenters. The highest BCUT2D eigenvalue weighted by Gasteiger charge is 2.28. The van der Waals surface area contributed by atoms with Crippen LogP contribution in [0.2, 0.25) is 0 Å². The van der Waals surface area contributed by atoms with Gasteiger partial charge in [-0.3, -0.25) is 0 Å². The van der Waals surface area contributed by atoms with E-state index in [4.69, 9.17) is 0 Å². The van der Waals surface area contributed by atoms with E-state index >= 15 is 0 Å². The van der Waals surface area contributed by atoms with Crippen molar-refractivity contribution >= 4 is 20.0 Å². The van der Waals surface area contributed by atoms with Crippen LogP contribution in [0.25, 0.3) is 0 Å². The number of hydrogen-bond acceptors (Lipinski definition) is 5. The van der Waals surface area contributed by atoms with Crippen LogP contribution in [-0.4, -0.2) is 65.3 Å². The predicted octanol–water partition coefficient (Wildman–Crippen LogP) is 1.23. The van der Waals surface area contributed by atoms with E-state index in [-0.39, 0.29) is 15.8 Å². The van der Waals surface area contributed by atoms with Gasteiger partial charge in [-0.2, -0.15) is 4.31 Å². The summed E-state index contributed by atoms with van der Waals surface area (Å²) in [6, 6.07) is 5.52. The van der Waals surface area contributed by atoms with E-state index < -0.39 is 20.0 Å². The number of likely N-dealkylation sites (N-methyl/N-ethyl adjacent to an activating group) is 1. The minimum atomic E-state index is -3.62. The summed E-state index contributed by atoms with van der Waals surface area (Å²) in [5.74, 6) is 0. The van der Waals surface area contributed by atoms with Crippen molar-refractivity contribution in [2.24, 2.45) is 0 Å². The fraction of sp³-hybridized carbons (Fsp3) is 0.647. The lowest BCUT2D eigenvalue weighted by Gasteiger charge is -2.31. The molecule has 1 saturated carbocycles. The van der Waals surface area contributed by atoms with Crippen LogP contribution >= 0.6 is 0 Å². The monoisotopic (exact) mass is 401 g/mol. The van der Waals surface area contributed by atoms with Gasteiger partial charge in [0.05, 0.1) is 9.79 Å². The van der Waals surface area contributed by atoms with Gasteiger partial charge in [-0.25, -0.2) is 21.6 Å². The number of hydrogen-bond donors (Lipinski definition) is 1. The van der Waals surface area contributed by atoms with Crippen molar-refractivity contribution in [1.29, 1.82) is 0 Å². The average Bonchev–Trinajstić information content (AvgIpc) is 2.63. The number of nitrogens with one attached hydrogen (secondary N) is 1. The molecular formula is C17H27N3O4S2. The molecule has 0 radical (unpaired) electrons. The first kappa shape index (κ1) is 19.8. The summed E-state index contributed by atoms with van der Waals surface area (Å²) in [7, 11) is -5.24. The Labute approximate surface area is 156 Å². The Hall–Kier alpha value is -1.00. The van der Waals surface area contributed by atoms with Crippen molar-refractivity contribution < 1.29 is 16.8 Å². The molecule has 1 aliphatic carbocycles. The molecule has 1 aromatic rings. The fourth-order valence-corrected chi connectivity index (χ4v) is 6.20. The maximum Gasteiger partial charge on any atom is 0.243 e. The number of rotatable bonds is 5. The Bertz CT molecular complexity index is 808. The highest BCUT2D eigenvalue weighted by molar-refractivity contribution is 7.89. The van der Waals surface area contributed by atoms with E-state index in [2.05, 4.69) is 9.62 Å². The van der Waals surface area contributed by atoms with Crippen LogP contribution in [0.4, 0.5) is 0 Å². The summed E-state index contributed by atoms with van der Waals surface area (Å²) in [5.41, 5.74) is 0. The lowest BCUT2D eigenvalue weighted by atomic mass is 9.96. The second kappa shape index (κ2) is 7.93. The molecule has 1 N–H and O–H groups in total. The predicted molar refractivity (Wildman–Crippen MR) is 99.9 cm³/mol. The normalized spacial score (nSPS) is 21.7. The van der Waals surface area contributed by atoms with Crippen molar-refractivity contribution in [1.82, 2.24) is 13.9 Å². The van der Waals surface area contributed by atoms with E-state index in [1.807, 2.05) is 7.05 Å².